The molecule has 0 amide bonds. The number of hydrogen-bond donors (Lipinski definition) is 1. The predicted molar refractivity (Wildman–Crippen MR) is 151 cm³/mol. The minimum atomic E-state index is -0.585. The molecule has 2 N–H and O–H groups in total. The first kappa shape index (κ1) is 27.7. The second kappa shape index (κ2) is 11.2. The van der Waals surface area contributed by atoms with Gasteiger partial charge in [0, 0.05) is 35.3 Å². The van der Waals surface area contributed by atoms with Crippen LogP contribution in [0.3, 0.4) is 0 Å². The number of rotatable bonds is 4. The molecule has 1 fully saturated rings. The van der Waals surface area contributed by atoms with E-state index in [1.165, 1.54) is 12.5 Å². The van der Waals surface area contributed by atoms with Crippen molar-refractivity contribution in [1.82, 2.24) is 9.97 Å². The molecule has 0 saturated carbocycles. The minimum absolute atomic E-state index is 0.0856. The fourth-order valence-electron chi connectivity index (χ4n) is 5.01. The number of halogens is 2. The van der Waals surface area contributed by atoms with Gasteiger partial charge in [0.05, 0.1) is 23.7 Å². The Labute approximate surface area is 226 Å². The maximum absolute atomic E-state index is 16.3. The van der Waals surface area contributed by atoms with E-state index in [0.29, 0.717) is 22.8 Å². The van der Waals surface area contributed by atoms with Crippen molar-refractivity contribution in [2.24, 2.45) is 5.92 Å². The summed E-state index contributed by atoms with van der Waals surface area (Å²) in [4.78, 5) is 11.5. The number of aromatic nitrogens is 2. The number of thiophene rings is 1. The first-order chi connectivity index (χ1) is 18.2. The van der Waals surface area contributed by atoms with E-state index in [4.69, 9.17) is 10.5 Å². The van der Waals surface area contributed by atoms with E-state index in [2.05, 4.69) is 49.1 Å². The lowest BCUT2D eigenvalue weighted by Crippen LogP contribution is -2.30. The van der Waals surface area contributed by atoms with Crippen molar-refractivity contribution in [3.05, 3.63) is 57.4 Å². The Kier molecular flexibility index (Phi) is 8.14. The van der Waals surface area contributed by atoms with Crippen LogP contribution in [0.5, 0.6) is 0 Å². The molecule has 38 heavy (non-hydrogen) atoms. The summed E-state index contributed by atoms with van der Waals surface area (Å²) in [7, 11) is 0. The smallest absolute Gasteiger partial charge is 0.226 e. The summed E-state index contributed by atoms with van der Waals surface area (Å²) < 4.78 is 36.8. The van der Waals surface area contributed by atoms with Gasteiger partial charge >= 0.3 is 0 Å². The minimum Gasteiger partial charge on any atom is -0.389 e. The molecule has 2 unspecified atom stereocenters. The molecular weight excluding hydrogens is 504 g/mol. The number of nitrogen functional groups attached to an aromatic ring is 1. The lowest BCUT2D eigenvalue weighted by Gasteiger charge is -2.24. The van der Waals surface area contributed by atoms with Crippen LogP contribution in [0.25, 0.3) is 22.3 Å². The number of hydrogen-bond acceptors (Lipinski definition) is 7. The van der Waals surface area contributed by atoms with Crippen LogP contribution in [-0.4, -0.2) is 22.6 Å². The summed E-state index contributed by atoms with van der Waals surface area (Å²) in [5.74, 6) is -0.174. The summed E-state index contributed by atoms with van der Waals surface area (Å²) in [6.45, 7) is 15.5. The molecule has 9 heteroatoms. The molecule has 0 radical (unpaired) electrons. The Morgan fingerprint density at radius 2 is 2.00 bits per heavy atom. The Hall–Kier alpha value is -3.35. The van der Waals surface area contributed by atoms with Crippen LogP contribution >= 0.6 is 11.3 Å². The second-order valence-corrected chi connectivity index (χ2v) is 10.8. The van der Waals surface area contributed by atoms with Gasteiger partial charge in [-0.2, -0.15) is 5.26 Å². The molecule has 0 spiro atoms. The molecule has 1 aromatic carbocycles. The maximum Gasteiger partial charge on any atom is 0.226 e. The monoisotopic (exact) mass is 537 g/mol. The molecule has 3 aromatic rings. The summed E-state index contributed by atoms with van der Waals surface area (Å²) in [5.41, 5.74) is 8.24. The van der Waals surface area contributed by atoms with Crippen molar-refractivity contribution in [2.45, 2.75) is 66.7 Å². The van der Waals surface area contributed by atoms with Crippen LogP contribution in [0, 0.1) is 23.1 Å². The largest absolute Gasteiger partial charge is 0.389 e. The Bertz CT molecular complexity index is 1470. The zero-order chi connectivity index (χ0) is 27.7. The number of nitriles is 1. The van der Waals surface area contributed by atoms with Crippen LogP contribution in [0.15, 0.2) is 18.9 Å². The lowest BCUT2D eigenvalue weighted by atomic mass is 9.89. The number of nitrogens with two attached hydrogens (primary N) is 1. The molecule has 1 saturated heterocycles. The quantitative estimate of drug-likeness (QED) is 0.374. The predicted octanol–water partition coefficient (Wildman–Crippen LogP) is 7.36. The van der Waals surface area contributed by atoms with Gasteiger partial charge in [0.2, 0.25) is 5.95 Å². The molecule has 200 valence electrons. The second-order valence-electron chi connectivity index (χ2n) is 9.75. The van der Waals surface area contributed by atoms with Crippen LogP contribution < -0.4 is 10.6 Å². The third-order valence-corrected chi connectivity index (χ3v) is 8.23. The molecule has 5 rings (SSSR count). The molecule has 0 bridgehead atoms. The van der Waals surface area contributed by atoms with Crippen molar-refractivity contribution in [3.63, 3.8) is 0 Å². The molecule has 2 aromatic heterocycles. The zero-order valence-corrected chi connectivity index (χ0v) is 23.3. The van der Waals surface area contributed by atoms with E-state index in [1.807, 2.05) is 6.07 Å². The number of anilines is 2. The third kappa shape index (κ3) is 4.56. The first-order valence-corrected chi connectivity index (χ1v) is 13.7. The van der Waals surface area contributed by atoms with Gasteiger partial charge in [0.1, 0.15) is 22.4 Å². The van der Waals surface area contributed by atoms with Crippen molar-refractivity contribution in [1.29, 1.82) is 5.26 Å². The molecule has 4 heterocycles. The maximum atomic E-state index is 16.3. The fourth-order valence-corrected chi connectivity index (χ4v) is 6.02. The highest BCUT2D eigenvalue weighted by Crippen LogP contribution is 2.45. The number of allylic oxidation sites excluding steroid dienone is 1. The van der Waals surface area contributed by atoms with Crippen LogP contribution in [0.4, 0.5) is 19.7 Å². The first-order valence-electron chi connectivity index (χ1n) is 12.9. The highest BCUT2D eigenvalue weighted by Gasteiger charge is 2.33. The molecule has 0 aliphatic carbocycles. The highest BCUT2D eigenvalue weighted by molar-refractivity contribution is 7.17. The van der Waals surface area contributed by atoms with E-state index in [1.54, 1.807) is 13.1 Å². The molecular formula is C29H33F2N5OS. The van der Waals surface area contributed by atoms with Gasteiger partial charge in [-0.3, -0.25) is 0 Å². The topological polar surface area (TPSA) is 88.1 Å². The summed E-state index contributed by atoms with van der Waals surface area (Å²) >= 11 is 0.949. The molecule has 2 aliphatic rings. The summed E-state index contributed by atoms with van der Waals surface area (Å²) in [6, 6.07) is 2.28. The molecule has 2 aliphatic heterocycles. The van der Waals surface area contributed by atoms with Crippen molar-refractivity contribution in [2.75, 3.05) is 17.2 Å². The number of ether oxygens (including phenoxy) is 1. The Morgan fingerprint density at radius 3 is 2.61 bits per heavy atom. The van der Waals surface area contributed by atoms with E-state index >= 15 is 4.39 Å². The highest BCUT2D eigenvalue weighted by atomic mass is 32.1. The van der Waals surface area contributed by atoms with Gasteiger partial charge in [-0.25, -0.2) is 18.7 Å². The normalized spacial score (nSPS) is 18.8. The van der Waals surface area contributed by atoms with E-state index in [0.717, 1.165) is 29.9 Å². The standard InChI is InChI=1S/C26H25F2N5OS.C3H8/c1-5-19(27)24-21(15(8-29)25(30)35-24)13(3)20-18-11-34-10-17(18)16-9-31-26(32-23(16)22(20)28)33-7-6-12(2)14(33)4;1-3-2/h5,9,12,14H,3,6-7,10-11,30H2,1-2,4H3;3H2,1-2H3/b19-5+;. The Balaban J connectivity index is 0.00000107. The Morgan fingerprint density at radius 1 is 1.32 bits per heavy atom. The van der Waals surface area contributed by atoms with E-state index < -0.39 is 11.6 Å². The van der Waals surface area contributed by atoms with Gasteiger partial charge < -0.3 is 15.4 Å². The van der Waals surface area contributed by atoms with Gasteiger partial charge in [0.25, 0.3) is 0 Å². The number of nitrogens with zero attached hydrogens (tertiary/aromatic N) is 4. The van der Waals surface area contributed by atoms with E-state index in [-0.39, 0.29) is 56.9 Å². The van der Waals surface area contributed by atoms with Gasteiger partial charge in [-0.15, -0.1) is 11.3 Å². The SMILES string of the molecule is C=C(c1c(/C(F)=C\C)sc(N)c1C#N)c1c2c(c3cnc(N4CCC(C)C4C)nc3c1F)COC2.CCC. The van der Waals surface area contributed by atoms with Gasteiger partial charge in [-0.05, 0) is 42.9 Å². The van der Waals surface area contributed by atoms with Gasteiger partial charge in [0.15, 0.2) is 5.82 Å². The van der Waals surface area contributed by atoms with Crippen LogP contribution in [0.1, 0.15) is 80.2 Å². The zero-order valence-electron chi connectivity index (χ0n) is 22.5. The lowest BCUT2D eigenvalue weighted by molar-refractivity contribution is 0.134. The number of fused-ring (bicyclic) bond motifs is 3. The number of benzene rings is 1. The average molecular weight is 538 g/mol. The van der Waals surface area contributed by atoms with Crippen molar-refractivity contribution >= 4 is 44.6 Å². The summed E-state index contributed by atoms with van der Waals surface area (Å²) in [6.07, 6.45) is 5.21. The van der Waals surface area contributed by atoms with Crippen molar-refractivity contribution < 1.29 is 13.5 Å². The van der Waals surface area contributed by atoms with Crippen LogP contribution in [-0.2, 0) is 18.0 Å². The summed E-state index contributed by atoms with van der Waals surface area (Å²) in [5, 5.41) is 10.5. The van der Waals surface area contributed by atoms with E-state index in [9.17, 15) is 9.65 Å². The fraction of sp³-hybridized carbons (Fsp3) is 0.414. The molecule has 6 nitrogen and oxygen atoms in total. The molecule has 2 atom stereocenters. The third-order valence-electron chi connectivity index (χ3n) is 7.21. The average Bonchev–Trinajstić information content (AvgIpc) is 3.61. The van der Waals surface area contributed by atoms with Crippen molar-refractivity contribution in [3.8, 4) is 6.07 Å². The van der Waals surface area contributed by atoms with Gasteiger partial charge in [-0.1, -0.05) is 39.8 Å². The van der Waals surface area contributed by atoms with Crippen LogP contribution in [0.2, 0.25) is 0 Å².